The van der Waals surface area contributed by atoms with Crippen molar-refractivity contribution in [3.05, 3.63) is 0 Å². The SMILES string of the molecule is O=S(O)CC1CC1.[Na]. The fourth-order valence-corrected chi connectivity index (χ4v) is 1.22. The van der Waals surface area contributed by atoms with Crippen LogP contribution in [0.2, 0.25) is 0 Å². The van der Waals surface area contributed by atoms with Gasteiger partial charge in [-0.2, -0.15) is 0 Å². The Kier molecular flexibility index (Phi) is 4.57. The quantitative estimate of drug-likeness (QED) is 0.444. The van der Waals surface area contributed by atoms with Crippen molar-refractivity contribution in [2.75, 3.05) is 5.75 Å². The first-order valence-corrected chi connectivity index (χ1v) is 3.64. The predicted octanol–water partition coefficient (Wildman–Crippen LogP) is 0.237. The molecule has 0 heterocycles. The topological polar surface area (TPSA) is 37.3 Å². The Morgan fingerprint density at radius 3 is 2.25 bits per heavy atom. The summed E-state index contributed by atoms with van der Waals surface area (Å²) in [6, 6.07) is 0. The average molecular weight is 143 g/mol. The molecule has 1 saturated carbocycles. The molecule has 0 aromatic heterocycles. The number of rotatable bonds is 2. The molecule has 43 valence electrons. The van der Waals surface area contributed by atoms with Gasteiger partial charge in [0.1, 0.15) is 0 Å². The average Bonchev–Trinajstić information content (AvgIpc) is 2.17. The van der Waals surface area contributed by atoms with Crippen LogP contribution in [-0.4, -0.2) is 44.1 Å². The van der Waals surface area contributed by atoms with Gasteiger partial charge in [0.05, 0.1) is 5.75 Å². The summed E-state index contributed by atoms with van der Waals surface area (Å²) in [6.45, 7) is 0. The summed E-state index contributed by atoms with van der Waals surface area (Å²) in [5.41, 5.74) is 0. The normalized spacial score (nSPS) is 21.6. The minimum atomic E-state index is -1.53. The van der Waals surface area contributed by atoms with Crippen LogP contribution in [0.25, 0.3) is 0 Å². The van der Waals surface area contributed by atoms with E-state index in [-0.39, 0.29) is 29.6 Å². The Bertz CT molecular complexity index is 92.0. The van der Waals surface area contributed by atoms with Gasteiger partial charge in [0.2, 0.25) is 0 Å². The van der Waals surface area contributed by atoms with Gasteiger partial charge in [0.15, 0.2) is 11.1 Å². The fourth-order valence-electron chi connectivity index (χ4n) is 0.486. The van der Waals surface area contributed by atoms with E-state index < -0.39 is 11.1 Å². The third kappa shape index (κ3) is 4.04. The van der Waals surface area contributed by atoms with Crippen molar-refractivity contribution in [3.63, 3.8) is 0 Å². The zero-order valence-electron chi connectivity index (χ0n) is 4.96. The third-order valence-electron chi connectivity index (χ3n) is 1.08. The van der Waals surface area contributed by atoms with Gasteiger partial charge in [-0.1, -0.05) is 0 Å². The van der Waals surface area contributed by atoms with Crippen LogP contribution in [0, 0.1) is 5.92 Å². The largest absolute Gasteiger partial charge is 0.306 e. The van der Waals surface area contributed by atoms with E-state index in [1.54, 1.807) is 0 Å². The van der Waals surface area contributed by atoms with Crippen molar-refractivity contribution in [1.82, 2.24) is 0 Å². The first-order valence-electron chi connectivity index (χ1n) is 2.36. The second kappa shape index (κ2) is 4.01. The first-order chi connectivity index (χ1) is 3.29. The van der Waals surface area contributed by atoms with Gasteiger partial charge in [0, 0.05) is 29.6 Å². The molecule has 0 amide bonds. The Morgan fingerprint density at radius 1 is 1.62 bits per heavy atom. The Morgan fingerprint density at radius 2 is 2.12 bits per heavy atom. The molecular weight excluding hydrogens is 135 g/mol. The van der Waals surface area contributed by atoms with Crippen molar-refractivity contribution in [3.8, 4) is 0 Å². The summed E-state index contributed by atoms with van der Waals surface area (Å²) in [4.78, 5) is 0. The van der Waals surface area contributed by atoms with Crippen molar-refractivity contribution >= 4 is 40.6 Å². The molecule has 1 rings (SSSR count). The standard InChI is InChI=1S/C4H8O2S.Na/c5-7(6)3-4-1-2-4;/h4H,1-3H2,(H,5,6);. The molecule has 1 aliphatic rings. The van der Waals surface area contributed by atoms with Crippen LogP contribution in [0.5, 0.6) is 0 Å². The maximum absolute atomic E-state index is 9.96. The molecule has 0 aromatic carbocycles. The van der Waals surface area contributed by atoms with Crippen LogP contribution < -0.4 is 0 Å². The summed E-state index contributed by atoms with van der Waals surface area (Å²) in [5.74, 6) is 1.07. The van der Waals surface area contributed by atoms with E-state index in [1.165, 1.54) is 0 Å². The van der Waals surface area contributed by atoms with Gasteiger partial charge in [-0.3, -0.25) is 0 Å². The van der Waals surface area contributed by atoms with E-state index in [0.29, 0.717) is 11.7 Å². The molecule has 0 aromatic rings. The minimum absolute atomic E-state index is 0. The van der Waals surface area contributed by atoms with E-state index in [9.17, 15) is 4.21 Å². The van der Waals surface area contributed by atoms with Crippen LogP contribution in [-0.2, 0) is 11.1 Å². The van der Waals surface area contributed by atoms with Gasteiger partial charge in [-0.25, -0.2) is 4.21 Å². The van der Waals surface area contributed by atoms with Crippen molar-refractivity contribution in [2.24, 2.45) is 5.92 Å². The summed E-state index contributed by atoms with van der Waals surface area (Å²) in [7, 11) is 0. The van der Waals surface area contributed by atoms with Gasteiger partial charge in [-0.05, 0) is 18.8 Å². The van der Waals surface area contributed by atoms with Crippen LogP contribution in [0.15, 0.2) is 0 Å². The molecule has 0 saturated heterocycles. The molecule has 0 spiro atoms. The number of hydrogen-bond donors (Lipinski definition) is 1. The molecular formula is C4H8NaO2S. The summed E-state index contributed by atoms with van der Waals surface area (Å²) in [5, 5.41) is 0. The molecule has 8 heavy (non-hydrogen) atoms. The van der Waals surface area contributed by atoms with Crippen LogP contribution in [0.1, 0.15) is 12.8 Å². The zero-order chi connectivity index (χ0) is 5.28. The maximum atomic E-state index is 9.96. The Balaban J connectivity index is 0.000000490. The molecule has 1 radical (unpaired) electrons. The summed E-state index contributed by atoms with van der Waals surface area (Å²) in [6.07, 6.45) is 2.32. The molecule has 0 aliphatic heterocycles. The zero-order valence-corrected chi connectivity index (χ0v) is 7.78. The summed E-state index contributed by atoms with van der Waals surface area (Å²) < 4.78 is 18.2. The van der Waals surface area contributed by atoms with Crippen molar-refractivity contribution in [2.45, 2.75) is 12.8 Å². The van der Waals surface area contributed by atoms with Crippen LogP contribution >= 0.6 is 0 Å². The van der Waals surface area contributed by atoms with Crippen LogP contribution in [0.3, 0.4) is 0 Å². The fraction of sp³-hybridized carbons (Fsp3) is 1.00. The van der Waals surface area contributed by atoms with E-state index >= 15 is 0 Å². The molecule has 1 atom stereocenters. The molecule has 1 unspecified atom stereocenters. The van der Waals surface area contributed by atoms with Gasteiger partial charge in [-0.15, -0.1) is 0 Å². The third-order valence-corrected chi connectivity index (χ3v) is 1.83. The second-order valence-corrected chi connectivity index (χ2v) is 2.91. The molecule has 1 fully saturated rings. The molecule has 1 aliphatic carbocycles. The van der Waals surface area contributed by atoms with Crippen molar-refractivity contribution < 1.29 is 8.76 Å². The Hall–Kier alpha value is 1.11. The van der Waals surface area contributed by atoms with Gasteiger partial charge in [0.25, 0.3) is 0 Å². The smallest absolute Gasteiger partial charge is 0.153 e. The predicted molar refractivity (Wildman–Crippen MR) is 34.1 cm³/mol. The minimum Gasteiger partial charge on any atom is -0.306 e. The van der Waals surface area contributed by atoms with Gasteiger partial charge >= 0.3 is 0 Å². The Labute approximate surface area is 73.6 Å². The molecule has 2 nitrogen and oxygen atoms in total. The monoisotopic (exact) mass is 143 g/mol. The van der Waals surface area contributed by atoms with E-state index in [2.05, 4.69) is 0 Å². The van der Waals surface area contributed by atoms with Crippen molar-refractivity contribution in [1.29, 1.82) is 0 Å². The molecule has 1 N–H and O–H groups in total. The van der Waals surface area contributed by atoms with E-state index in [1.807, 2.05) is 0 Å². The first kappa shape index (κ1) is 9.11. The van der Waals surface area contributed by atoms with E-state index in [0.717, 1.165) is 12.8 Å². The molecule has 0 bridgehead atoms. The maximum Gasteiger partial charge on any atom is 0.153 e. The van der Waals surface area contributed by atoms with E-state index in [4.69, 9.17) is 4.55 Å². The molecule has 4 heteroatoms. The van der Waals surface area contributed by atoms with Gasteiger partial charge < -0.3 is 4.55 Å². The second-order valence-electron chi connectivity index (χ2n) is 1.93. The number of hydrogen-bond acceptors (Lipinski definition) is 1. The summed E-state index contributed by atoms with van der Waals surface area (Å²) >= 11 is -1.53. The van der Waals surface area contributed by atoms with Crippen LogP contribution in [0.4, 0.5) is 0 Å².